The predicted octanol–water partition coefficient (Wildman–Crippen LogP) is 5.12. The van der Waals surface area contributed by atoms with E-state index in [1.165, 1.54) is 0 Å². The van der Waals surface area contributed by atoms with Crippen molar-refractivity contribution in [1.82, 2.24) is 30.0 Å². The molecule has 1 aliphatic carbocycles. The smallest absolute Gasteiger partial charge is 0.323 e. The molecule has 12 nitrogen and oxygen atoms in total. The van der Waals surface area contributed by atoms with E-state index in [4.69, 9.17) is 9.72 Å². The molecule has 0 radical (unpaired) electrons. The van der Waals surface area contributed by atoms with Crippen molar-refractivity contribution in [3.8, 4) is 17.2 Å². The monoisotopic (exact) mass is 608 g/mol. The Morgan fingerprint density at radius 3 is 2.58 bits per heavy atom. The molecule has 1 aromatic carbocycles. The minimum absolute atomic E-state index is 0.0278. The number of urea groups is 1. The fourth-order valence-electron chi connectivity index (χ4n) is 5.44. The molecule has 12 heteroatoms. The van der Waals surface area contributed by atoms with Crippen LogP contribution in [0.5, 0.6) is 0 Å². The SMILES string of the molecule is CCOCCCNc1nc(N[C@H]2CC[C@H](N(C(=O)NCc3ccccc3)c3ccc(-c4cnn(C)c4)cn3)CC2)ncc1C#N. The molecule has 234 valence electrons. The molecule has 3 heterocycles. The maximum Gasteiger partial charge on any atom is 0.323 e. The van der Waals surface area contributed by atoms with Crippen LogP contribution in [-0.4, -0.2) is 62.6 Å². The highest BCUT2D eigenvalue weighted by Gasteiger charge is 2.31. The number of amides is 2. The number of nitrogens with one attached hydrogen (secondary N) is 3. The second kappa shape index (κ2) is 15.6. The van der Waals surface area contributed by atoms with Crippen molar-refractivity contribution in [1.29, 1.82) is 5.26 Å². The highest BCUT2D eigenvalue weighted by Crippen LogP contribution is 2.29. The summed E-state index contributed by atoms with van der Waals surface area (Å²) >= 11 is 0. The van der Waals surface area contributed by atoms with E-state index >= 15 is 0 Å². The van der Waals surface area contributed by atoms with E-state index in [1.54, 1.807) is 28.2 Å². The highest BCUT2D eigenvalue weighted by molar-refractivity contribution is 5.91. The van der Waals surface area contributed by atoms with Gasteiger partial charge in [0.05, 0.1) is 12.4 Å². The lowest BCUT2D eigenvalue weighted by Gasteiger charge is -2.36. The normalized spacial score (nSPS) is 16.0. The van der Waals surface area contributed by atoms with Gasteiger partial charge < -0.3 is 20.7 Å². The van der Waals surface area contributed by atoms with Gasteiger partial charge >= 0.3 is 6.03 Å². The number of carbonyl (C=O) groups excluding carboxylic acids is 1. The Bertz CT molecular complexity index is 1560. The number of pyridine rings is 1. The van der Waals surface area contributed by atoms with Crippen molar-refractivity contribution < 1.29 is 9.53 Å². The van der Waals surface area contributed by atoms with Crippen LogP contribution in [0.4, 0.5) is 22.4 Å². The summed E-state index contributed by atoms with van der Waals surface area (Å²) in [5, 5.41) is 23.5. The van der Waals surface area contributed by atoms with Gasteiger partial charge in [-0.05, 0) is 56.7 Å². The van der Waals surface area contributed by atoms with Crippen molar-refractivity contribution in [3.63, 3.8) is 0 Å². The van der Waals surface area contributed by atoms with Gasteiger partial charge in [-0.15, -0.1) is 0 Å². The maximum atomic E-state index is 13.7. The van der Waals surface area contributed by atoms with Crippen molar-refractivity contribution in [2.45, 2.75) is 57.7 Å². The number of rotatable bonds is 13. The third-order valence-electron chi connectivity index (χ3n) is 7.80. The molecule has 45 heavy (non-hydrogen) atoms. The van der Waals surface area contributed by atoms with Crippen molar-refractivity contribution in [3.05, 3.63) is 78.4 Å². The first-order valence-corrected chi connectivity index (χ1v) is 15.5. The average Bonchev–Trinajstić information content (AvgIpc) is 3.51. The lowest BCUT2D eigenvalue weighted by Crippen LogP contribution is -2.49. The number of hydrogen-bond donors (Lipinski definition) is 3. The van der Waals surface area contributed by atoms with E-state index in [-0.39, 0.29) is 18.1 Å². The lowest BCUT2D eigenvalue weighted by molar-refractivity contribution is 0.147. The molecule has 0 spiro atoms. The average molecular weight is 609 g/mol. The van der Waals surface area contributed by atoms with Crippen LogP contribution in [0.2, 0.25) is 0 Å². The summed E-state index contributed by atoms with van der Waals surface area (Å²) in [5.74, 6) is 1.61. The summed E-state index contributed by atoms with van der Waals surface area (Å²) in [6.07, 6.45) is 11.1. The number of benzene rings is 1. The first-order valence-electron chi connectivity index (χ1n) is 15.5. The number of carbonyl (C=O) groups is 1. The largest absolute Gasteiger partial charge is 0.382 e. The van der Waals surface area contributed by atoms with Gasteiger partial charge in [0.15, 0.2) is 0 Å². The molecular formula is C33H40N10O2. The van der Waals surface area contributed by atoms with Gasteiger partial charge in [0.1, 0.15) is 23.3 Å². The van der Waals surface area contributed by atoms with Crippen molar-refractivity contribution in [2.24, 2.45) is 7.05 Å². The molecule has 0 saturated heterocycles. The van der Waals surface area contributed by atoms with E-state index in [1.807, 2.05) is 62.6 Å². The Balaban J connectivity index is 1.24. The quantitative estimate of drug-likeness (QED) is 0.176. The molecule has 3 N–H and O–H groups in total. The summed E-state index contributed by atoms with van der Waals surface area (Å²) in [5.41, 5.74) is 3.34. The predicted molar refractivity (Wildman–Crippen MR) is 174 cm³/mol. The van der Waals surface area contributed by atoms with E-state index < -0.39 is 0 Å². The zero-order valence-electron chi connectivity index (χ0n) is 25.8. The van der Waals surface area contributed by atoms with Crippen LogP contribution in [0, 0.1) is 11.3 Å². The molecule has 0 bridgehead atoms. The Morgan fingerprint density at radius 2 is 1.89 bits per heavy atom. The van der Waals surface area contributed by atoms with E-state index in [9.17, 15) is 10.1 Å². The number of aromatic nitrogens is 5. The molecule has 5 rings (SSSR count). The van der Waals surface area contributed by atoms with Crippen LogP contribution in [0.25, 0.3) is 11.1 Å². The summed E-state index contributed by atoms with van der Waals surface area (Å²) in [6.45, 7) is 4.37. The van der Waals surface area contributed by atoms with Gasteiger partial charge in [-0.1, -0.05) is 30.3 Å². The zero-order valence-corrected chi connectivity index (χ0v) is 25.8. The Labute approximate surface area is 263 Å². The molecule has 2 amide bonds. The molecule has 1 saturated carbocycles. The molecule has 0 unspecified atom stereocenters. The molecule has 1 fully saturated rings. The first-order chi connectivity index (χ1) is 22.0. The second-order valence-corrected chi connectivity index (χ2v) is 11.0. The fraction of sp³-hybridized carbons (Fsp3) is 0.394. The Hall–Kier alpha value is -5.02. The third-order valence-corrected chi connectivity index (χ3v) is 7.80. The van der Waals surface area contributed by atoms with Crippen LogP contribution in [-0.2, 0) is 18.3 Å². The number of nitriles is 1. The minimum Gasteiger partial charge on any atom is -0.382 e. The van der Waals surface area contributed by atoms with Crippen LogP contribution in [0.3, 0.4) is 0 Å². The van der Waals surface area contributed by atoms with Gasteiger partial charge in [0, 0.05) is 69.0 Å². The summed E-state index contributed by atoms with van der Waals surface area (Å²) < 4.78 is 7.15. The van der Waals surface area contributed by atoms with Crippen molar-refractivity contribution >= 4 is 23.6 Å². The Morgan fingerprint density at radius 1 is 1.07 bits per heavy atom. The van der Waals surface area contributed by atoms with E-state index in [0.29, 0.717) is 49.5 Å². The molecule has 0 aliphatic heterocycles. The highest BCUT2D eigenvalue weighted by atomic mass is 16.5. The topological polar surface area (TPSA) is 146 Å². The van der Waals surface area contributed by atoms with Gasteiger partial charge in [0.2, 0.25) is 5.95 Å². The second-order valence-electron chi connectivity index (χ2n) is 11.0. The summed E-state index contributed by atoms with van der Waals surface area (Å²) in [4.78, 5) is 29.2. The van der Waals surface area contributed by atoms with Crippen LogP contribution < -0.4 is 20.9 Å². The zero-order chi connectivity index (χ0) is 31.4. The minimum atomic E-state index is -0.174. The maximum absolute atomic E-state index is 13.7. The molecule has 0 atom stereocenters. The van der Waals surface area contributed by atoms with Crippen LogP contribution in [0.15, 0.2) is 67.3 Å². The lowest BCUT2D eigenvalue weighted by atomic mass is 9.90. The molecule has 4 aromatic rings. The van der Waals surface area contributed by atoms with Crippen LogP contribution in [0.1, 0.15) is 50.2 Å². The summed E-state index contributed by atoms with van der Waals surface area (Å²) in [7, 11) is 1.88. The molecule has 3 aromatic heterocycles. The number of ether oxygens (including phenoxy) is 1. The molecular weight excluding hydrogens is 568 g/mol. The van der Waals surface area contributed by atoms with Crippen LogP contribution >= 0.6 is 0 Å². The number of nitrogens with zero attached hydrogens (tertiary/aromatic N) is 7. The number of hydrogen-bond acceptors (Lipinski definition) is 9. The van der Waals surface area contributed by atoms with Gasteiger partial charge in [-0.25, -0.2) is 14.8 Å². The van der Waals surface area contributed by atoms with Gasteiger partial charge in [-0.3, -0.25) is 9.58 Å². The van der Waals surface area contributed by atoms with Gasteiger partial charge in [0.25, 0.3) is 0 Å². The number of anilines is 3. The number of aryl methyl sites for hydroxylation is 1. The van der Waals surface area contributed by atoms with E-state index in [0.717, 1.165) is 48.8 Å². The standard InChI is InChI=1S/C33H40N10O2/c1-3-45-17-7-16-35-31-26(18-34)21-37-32(41-31)40-28-11-13-29(14-12-28)43(33(44)38-19-24-8-5-4-6-9-24)30-15-10-25(20-36-30)27-22-39-42(2)23-27/h4-6,8-10,15,20-23,28-29H,3,7,11-14,16-17,19H2,1-2H3,(H,38,44)(H2,35,37,40,41)/t28-,29-. The van der Waals surface area contributed by atoms with Crippen molar-refractivity contribution in [2.75, 3.05) is 35.3 Å². The summed E-state index contributed by atoms with van der Waals surface area (Å²) in [6, 6.07) is 15.9. The third kappa shape index (κ3) is 8.55. The van der Waals surface area contributed by atoms with Gasteiger partial charge in [-0.2, -0.15) is 15.3 Å². The first kappa shape index (κ1) is 31.4. The van der Waals surface area contributed by atoms with E-state index in [2.05, 4.69) is 37.1 Å². The fourth-order valence-corrected chi connectivity index (χ4v) is 5.44. The Kier molecular flexibility index (Phi) is 10.9. The molecule has 1 aliphatic rings.